The molecule has 0 N–H and O–H groups in total. The Labute approximate surface area is 137 Å². The maximum Gasteiger partial charge on any atom is 0.315 e. The van der Waals surface area contributed by atoms with E-state index < -0.39 is 0 Å². The normalized spacial score (nSPS) is 31.5. The van der Waals surface area contributed by atoms with E-state index in [9.17, 15) is 4.79 Å². The minimum absolute atomic E-state index is 0. The van der Waals surface area contributed by atoms with Gasteiger partial charge in [0.2, 0.25) is 0 Å². The Kier molecular flexibility index (Phi) is 5.10. The van der Waals surface area contributed by atoms with Crippen molar-refractivity contribution in [3.63, 3.8) is 0 Å². The van der Waals surface area contributed by atoms with Gasteiger partial charge in [0.05, 0.1) is 26.2 Å². The van der Waals surface area contributed by atoms with E-state index in [1.807, 2.05) is 6.92 Å². The second-order valence-corrected chi connectivity index (χ2v) is 6.30. The van der Waals surface area contributed by atoms with Crippen molar-refractivity contribution in [1.29, 1.82) is 0 Å². The summed E-state index contributed by atoms with van der Waals surface area (Å²) in [6, 6.07) is 11.2. The Morgan fingerprint density at radius 2 is 2.05 bits per heavy atom. The number of carbonyl (C=O) groups is 1. The minimum Gasteiger partial charge on any atom is -1.00 e. The molecule has 21 heavy (non-hydrogen) atoms. The first kappa shape index (κ1) is 16.5. The number of esters is 1. The van der Waals surface area contributed by atoms with Crippen LogP contribution in [0.3, 0.4) is 0 Å². The highest BCUT2D eigenvalue weighted by Crippen LogP contribution is 2.46. The first-order valence-electron chi connectivity index (χ1n) is 7.73. The number of halogens is 1. The minimum atomic E-state index is 0. The molecule has 4 atom stereocenters. The van der Waals surface area contributed by atoms with Gasteiger partial charge in [-0.3, -0.25) is 4.79 Å². The van der Waals surface area contributed by atoms with Gasteiger partial charge in [-0.25, -0.2) is 0 Å². The Morgan fingerprint density at radius 1 is 1.33 bits per heavy atom. The first-order chi connectivity index (χ1) is 9.66. The van der Waals surface area contributed by atoms with Gasteiger partial charge >= 0.3 is 5.97 Å². The van der Waals surface area contributed by atoms with Crippen molar-refractivity contribution in [2.75, 3.05) is 26.2 Å². The summed E-state index contributed by atoms with van der Waals surface area (Å²) >= 11 is 0. The topological polar surface area (TPSA) is 26.3 Å². The molecule has 2 aliphatic rings. The Morgan fingerprint density at radius 3 is 2.71 bits per heavy atom. The van der Waals surface area contributed by atoms with Gasteiger partial charge in [-0.05, 0) is 13.8 Å². The largest absolute Gasteiger partial charge is 1.00 e. The van der Waals surface area contributed by atoms with Gasteiger partial charge in [-0.15, -0.1) is 0 Å². The summed E-state index contributed by atoms with van der Waals surface area (Å²) in [4.78, 5) is 12.1. The van der Waals surface area contributed by atoms with Crippen molar-refractivity contribution in [2.24, 2.45) is 11.8 Å². The molecule has 1 aromatic rings. The van der Waals surface area contributed by atoms with Crippen LogP contribution in [0.25, 0.3) is 0 Å². The highest BCUT2D eigenvalue weighted by atomic mass is 79.9. The maximum absolute atomic E-state index is 12.1. The molecule has 1 aromatic carbocycles. The zero-order chi connectivity index (χ0) is 14.2. The lowest BCUT2D eigenvalue weighted by Crippen LogP contribution is -3.00. The Hall–Kier alpha value is -0.870. The lowest BCUT2D eigenvalue weighted by Gasteiger charge is -2.39. The molecule has 0 amide bonds. The van der Waals surface area contributed by atoms with Crippen LogP contribution in [-0.2, 0) is 9.53 Å². The van der Waals surface area contributed by atoms with Crippen LogP contribution < -0.4 is 17.0 Å². The Bertz CT molecular complexity index is 493. The van der Waals surface area contributed by atoms with E-state index in [-0.39, 0.29) is 28.9 Å². The number of ether oxygens (including phenoxy) is 1. The molecule has 2 fully saturated rings. The fraction of sp³-hybridized carbons (Fsp3) is 0.588. The van der Waals surface area contributed by atoms with Crippen molar-refractivity contribution in [3.8, 4) is 0 Å². The van der Waals surface area contributed by atoms with Crippen molar-refractivity contribution < 1.29 is 31.0 Å². The summed E-state index contributed by atoms with van der Waals surface area (Å²) in [6.07, 6.45) is 1.17. The van der Waals surface area contributed by atoms with Crippen LogP contribution >= 0.6 is 0 Å². The standard InChI is InChI=1S/C17H24NO2.BrH/c1-3-20-17(19)16-12-18(10-9-15(16)11-18)13(2)14-7-5-4-6-8-14;/h4-8,13,15-16H,3,9-12H2,1-2H3;1H/q+1;/p-1/t13-,15?,16?,18?;/m0./s1. The number of nitrogens with zero attached hydrogens (tertiary/aromatic N) is 1. The number of hydrogen-bond donors (Lipinski definition) is 0. The van der Waals surface area contributed by atoms with Gasteiger partial charge < -0.3 is 26.2 Å². The molecule has 2 saturated heterocycles. The average molecular weight is 354 g/mol. The first-order valence-corrected chi connectivity index (χ1v) is 7.73. The summed E-state index contributed by atoms with van der Waals surface area (Å²) in [5.41, 5.74) is 1.39. The van der Waals surface area contributed by atoms with Gasteiger partial charge in [-0.2, -0.15) is 0 Å². The third-order valence-electron chi connectivity index (χ3n) is 5.37. The van der Waals surface area contributed by atoms with Crippen LogP contribution in [-0.4, -0.2) is 36.7 Å². The van der Waals surface area contributed by atoms with E-state index in [0.717, 1.165) is 17.6 Å². The average Bonchev–Trinajstić information content (AvgIpc) is 3.07. The molecule has 2 aliphatic heterocycles. The third kappa shape index (κ3) is 2.88. The highest BCUT2D eigenvalue weighted by Gasteiger charge is 2.56. The van der Waals surface area contributed by atoms with E-state index in [1.54, 1.807) is 0 Å². The number of carbonyl (C=O) groups excluding carboxylic acids is 1. The van der Waals surface area contributed by atoms with E-state index in [2.05, 4.69) is 37.3 Å². The summed E-state index contributed by atoms with van der Waals surface area (Å²) in [6.45, 7) is 8.00. The summed E-state index contributed by atoms with van der Waals surface area (Å²) in [5, 5.41) is 0. The van der Waals surface area contributed by atoms with Crippen molar-refractivity contribution in [2.45, 2.75) is 26.3 Å². The predicted molar refractivity (Wildman–Crippen MR) is 77.9 cm³/mol. The Balaban J connectivity index is 0.00000161. The van der Waals surface area contributed by atoms with Crippen molar-refractivity contribution >= 4 is 5.97 Å². The van der Waals surface area contributed by atoms with Gasteiger partial charge in [0.25, 0.3) is 0 Å². The number of quaternary nitrogens is 1. The third-order valence-corrected chi connectivity index (χ3v) is 5.37. The fourth-order valence-corrected chi connectivity index (χ4v) is 4.18. The zero-order valence-electron chi connectivity index (χ0n) is 12.8. The molecule has 0 aromatic heterocycles. The predicted octanol–water partition coefficient (Wildman–Crippen LogP) is -0.219. The van der Waals surface area contributed by atoms with E-state index in [0.29, 0.717) is 18.6 Å². The molecule has 3 unspecified atom stereocenters. The van der Waals surface area contributed by atoms with Crippen LogP contribution in [0.5, 0.6) is 0 Å². The van der Waals surface area contributed by atoms with Crippen molar-refractivity contribution in [1.82, 2.24) is 0 Å². The van der Waals surface area contributed by atoms with Crippen LogP contribution in [0.2, 0.25) is 0 Å². The molecule has 3 rings (SSSR count). The monoisotopic (exact) mass is 353 g/mol. The summed E-state index contributed by atoms with van der Waals surface area (Å²) in [5.74, 6) is 0.674. The highest BCUT2D eigenvalue weighted by molar-refractivity contribution is 5.73. The van der Waals surface area contributed by atoms with Crippen LogP contribution in [0.15, 0.2) is 30.3 Å². The van der Waals surface area contributed by atoms with Gasteiger partial charge in [0, 0.05) is 17.9 Å². The van der Waals surface area contributed by atoms with Gasteiger partial charge in [-0.1, -0.05) is 30.3 Å². The quantitative estimate of drug-likeness (QED) is 0.552. The lowest BCUT2D eigenvalue weighted by molar-refractivity contribution is -0.938. The number of benzene rings is 1. The number of hydrogen-bond acceptors (Lipinski definition) is 2. The molecule has 2 bridgehead atoms. The molecule has 2 heterocycles. The molecular weight excluding hydrogens is 330 g/mol. The van der Waals surface area contributed by atoms with Crippen LogP contribution in [0.1, 0.15) is 31.9 Å². The second-order valence-electron chi connectivity index (χ2n) is 6.30. The summed E-state index contributed by atoms with van der Waals surface area (Å²) < 4.78 is 6.33. The number of piperidine rings is 1. The summed E-state index contributed by atoms with van der Waals surface area (Å²) in [7, 11) is 0. The van der Waals surface area contributed by atoms with E-state index in [4.69, 9.17) is 4.74 Å². The molecule has 0 spiro atoms. The number of fused-ring (bicyclic) bond motifs is 2. The molecule has 3 nitrogen and oxygen atoms in total. The maximum atomic E-state index is 12.1. The molecular formula is C17H24BrNO2. The smallest absolute Gasteiger partial charge is 0.315 e. The molecule has 0 aliphatic carbocycles. The number of rotatable bonds is 4. The van der Waals surface area contributed by atoms with Crippen LogP contribution in [0.4, 0.5) is 0 Å². The second kappa shape index (κ2) is 6.49. The molecule has 0 radical (unpaired) electrons. The molecule has 116 valence electrons. The fourth-order valence-electron chi connectivity index (χ4n) is 4.18. The van der Waals surface area contributed by atoms with Crippen LogP contribution in [0, 0.1) is 11.8 Å². The SMILES string of the molecule is CCOC(=O)C1C[N+]2([C@@H](C)c3ccccc3)CCC1C2.[Br-]. The van der Waals surface area contributed by atoms with Gasteiger partial charge in [0.15, 0.2) is 0 Å². The lowest BCUT2D eigenvalue weighted by atomic mass is 9.92. The van der Waals surface area contributed by atoms with E-state index >= 15 is 0 Å². The van der Waals surface area contributed by atoms with Gasteiger partial charge in [0.1, 0.15) is 12.0 Å². The van der Waals surface area contributed by atoms with E-state index in [1.165, 1.54) is 18.5 Å². The molecule has 4 heteroatoms. The zero-order valence-corrected chi connectivity index (χ0v) is 14.4. The molecule has 0 saturated carbocycles. The van der Waals surface area contributed by atoms with Crippen molar-refractivity contribution in [3.05, 3.63) is 35.9 Å².